The van der Waals surface area contributed by atoms with E-state index in [1.807, 2.05) is 49.6 Å². The van der Waals surface area contributed by atoms with Crippen molar-refractivity contribution in [2.45, 2.75) is 26.7 Å². The standard InChI is InChI=1S/C22H22N6OS/c1-4-12-27(22-26-19(13-30-22)17-8-6-5-7-9-17)20(29)11-10-18-15(2)25-21-23-14-24-28(21)16(18)3/h4-9,13-14H,1,10-12H2,2-3H3. The van der Waals surface area contributed by atoms with Gasteiger partial charge in [0, 0.05) is 35.3 Å². The van der Waals surface area contributed by atoms with Gasteiger partial charge in [-0.1, -0.05) is 36.4 Å². The van der Waals surface area contributed by atoms with Crippen LogP contribution in [0.4, 0.5) is 5.13 Å². The van der Waals surface area contributed by atoms with Gasteiger partial charge < -0.3 is 0 Å². The molecule has 8 heteroatoms. The lowest BCUT2D eigenvalue weighted by atomic mass is 10.1. The lowest BCUT2D eigenvalue weighted by Crippen LogP contribution is -2.31. The number of hydrogen-bond donors (Lipinski definition) is 0. The van der Waals surface area contributed by atoms with Gasteiger partial charge in [-0.05, 0) is 25.8 Å². The second-order valence-electron chi connectivity index (χ2n) is 6.91. The molecule has 0 spiro atoms. The summed E-state index contributed by atoms with van der Waals surface area (Å²) >= 11 is 1.46. The Morgan fingerprint density at radius 2 is 2.03 bits per heavy atom. The zero-order chi connectivity index (χ0) is 21.1. The topological polar surface area (TPSA) is 76.3 Å². The number of amides is 1. The quantitative estimate of drug-likeness (QED) is 0.424. The van der Waals surface area contributed by atoms with E-state index in [9.17, 15) is 4.79 Å². The van der Waals surface area contributed by atoms with Gasteiger partial charge in [0.25, 0.3) is 5.78 Å². The van der Waals surface area contributed by atoms with E-state index in [0.717, 1.165) is 28.2 Å². The molecule has 0 fully saturated rings. The van der Waals surface area contributed by atoms with Crippen LogP contribution in [-0.2, 0) is 11.2 Å². The highest BCUT2D eigenvalue weighted by Gasteiger charge is 2.20. The third kappa shape index (κ3) is 3.86. The van der Waals surface area contributed by atoms with Crippen LogP contribution in [0.1, 0.15) is 23.4 Å². The Hall–Kier alpha value is -3.39. The second kappa shape index (κ2) is 8.54. The Morgan fingerprint density at radius 1 is 1.23 bits per heavy atom. The second-order valence-corrected chi connectivity index (χ2v) is 7.74. The summed E-state index contributed by atoms with van der Waals surface area (Å²) < 4.78 is 1.71. The maximum absolute atomic E-state index is 13.1. The SMILES string of the molecule is C=CCN(C(=O)CCc1c(C)nc2ncnn2c1C)c1nc(-c2ccccc2)cs1. The van der Waals surface area contributed by atoms with E-state index in [1.165, 1.54) is 17.7 Å². The highest BCUT2D eigenvalue weighted by atomic mass is 32.1. The van der Waals surface area contributed by atoms with Crippen LogP contribution >= 0.6 is 11.3 Å². The zero-order valence-corrected chi connectivity index (χ0v) is 17.8. The molecule has 3 heterocycles. The summed E-state index contributed by atoms with van der Waals surface area (Å²) in [6.07, 6.45) is 4.13. The van der Waals surface area contributed by atoms with Crippen LogP contribution < -0.4 is 4.90 Å². The number of carbonyl (C=O) groups is 1. The molecule has 0 unspecified atom stereocenters. The van der Waals surface area contributed by atoms with Crippen molar-refractivity contribution in [1.82, 2.24) is 24.6 Å². The number of aromatic nitrogens is 5. The Morgan fingerprint density at radius 3 is 2.80 bits per heavy atom. The first-order chi connectivity index (χ1) is 14.6. The lowest BCUT2D eigenvalue weighted by molar-refractivity contribution is -0.118. The smallest absolute Gasteiger partial charge is 0.252 e. The highest BCUT2D eigenvalue weighted by molar-refractivity contribution is 7.14. The van der Waals surface area contributed by atoms with E-state index < -0.39 is 0 Å². The maximum atomic E-state index is 13.1. The fraction of sp³-hybridized carbons (Fsp3) is 0.227. The summed E-state index contributed by atoms with van der Waals surface area (Å²) in [5, 5.41) is 6.87. The van der Waals surface area contributed by atoms with Gasteiger partial charge in [0.15, 0.2) is 5.13 Å². The fourth-order valence-corrected chi connectivity index (χ4v) is 4.29. The number of hydrogen-bond acceptors (Lipinski definition) is 6. The predicted octanol–water partition coefficient (Wildman–Crippen LogP) is 4.02. The van der Waals surface area contributed by atoms with Crippen molar-refractivity contribution in [1.29, 1.82) is 0 Å². The van der Waals surface area contributed by atoms with E-state index in [4.69, 9.17) is 0 Å². The number of aryl methyl sites for hydroxylation is 2. The van der Waals surface area contributed by atoms with Gasteiger partial charge in [-0.3, -0.25) is 9.69 Å². The Bertz CT molecular complexity index is 1200. The summed E-state index contributed by atoms with van der Waals surface area (Å²) in [6.45, 7) is 8.14. The molecule has 1 amide bonds. The molecule has 0 saturated heterocycles. The molecule has 0 radical (unpaired) electrons. The minimum Gasteiger partial charge on any atom is -0.284 e. The van der Waals surface area contributed by atoms with Crippen LogP contribution in [0.2, 0.25) is 0 Å². The van der Waals surface area contributed by atoms with Crippen LogP contribution in [0.5, 0.6) is 0 Å². The highest BCUT2D eigenvalue weighted by Crippen LogP contribution is 2.28. The molecule has 0 aliphatic rings. The van der Waals surface area contributed by atoms with Gasteiger partial charge in [-0.25, -0.2) is 14.5 Å². The predicted molar refractivity (Wildman–Crippen MR) is 119 cm³/mol. The van der Waals surface area contributed by atoms with Crippen molar-refractivity contribution in [2.75, 3.05) is 11.4 Å². The van der Waals surface area contributed by atoms with E-state index in [-0.39, 0.29) is 5.91 Å². The normalized spacial score (nSPS) is 11.0. The van der Waals surface area contributed by atoms with Gasteiger partial charge in [0.1, 0.15) is 6.33 Å². The van der Waals surface area contributed by atoms with Crippen LogP contribution in [0.25, 0.3) is 17.0 Å². The first-order valence-electron chi connectivity index (χ1n) is 9.66. The molecule has 1 aromatic carbocycles. The largest absolute Gasteiger partial charge is 0.284 e. The Balaban J connectivity index is 1.54. The Labute approximate surface area is 178 Å². The van der Waals surface area contributed by atoms with Crippen LogP contribution in [-0.4, -0.2) is 37.0 Å². The summed E-state index contributed by atoms with van der Waals surface area (Å²) in [5.41, 5.74) is 4.74. The van der Waals surface area contributed by atoms with Crippen molar-refractivity contribution < 1.29 is 4.79 Å². The molecular weight excluding hydrogens is 396 g/mol. The number of benzene rings is 1. The van der Waals surface area contributed by atoms with E-state index in [0.29, 0.717) is 30.3 Å². The van der Waals surface area contributed by atoms with Crippen LogP contribution in [0.3, 0.4) is 0 Å². The molecule has 3 aromatic heterocycles. The maximum Gasteiger partial charge on any atom is 0.252 e. The molecule has 0 bridgehead atoms. The van der Waals surface area contributed by atoms with Crippen molar-refractivity contribution in [3.8, 4) is 11.3 Å². The zero-order valence-electron chi connectivity index (χ0n) is 16.9. The number of anilines is 1. The van der Waals surface area contributed by atoms with Crippen LogP contribution in [0, 0.1) is 13.8 Å². The monoisotopic (exact) mass is 418 g/mol. The van der Waals surface area contributed by atoms with E-state index in [1.54, 1.807) is 15.5 Å². The first kappa shape index (κ1) is 19.9. The first-order valence-corrected chi connectivity index (χ1v) is 10.5. The molecule has 152 valence electrons. The third-order valence-corrected chi connectivity index (χ3v) is 5.85. The molecule has 0 atom stereocenters. The molecule has 0 N–H and O–H groups in total. The average molecular weight is 419 g/mol. The van der Waals surface area contributed by atoms with Gasteiger partial charge in [-0.15, -0.1) is 17.9 Å². The third-order valence-electron chi connectivity index (χ3n) is 4.98. The van der Waals surface area contributed by atoms with Crippen molar-refractivity contribution in [3.63, 3.8) is 0 Å². The number of fused-ring (bicyclic) bond motifs is 1. The van der Waals surface area contributed by atoms with Gasteiger partial charge in [-0.2, -0.15) is 10.1 Å². The summed E-state index contributed by atoms with van der Waals surface area (Å²) in [6, 6.07) is 9.95. The minimum atomic E-state index is 0.00125. The lowest BCUT2D eigenvalue weighted by Gasteiger charge is -2.18. The van der Waals surface area contributed by atoms with Gasteiger partial charge in [0.2, 0.25) is 5.91 Å². The summed E-state index contributed by atoms with van der Waals surface area (Å²) in [4.78, 5) is 28.1. The molecular formula is C22H22N6OS. The number of carbonyl (C=O) groups excluding carboxylic acids is 1. The Kier molecular flexibility index (Phi) is 5.67. The summed E-state index contributed by atoms with van der Waals surface area (Å²) in [5.74, 6) is 0.575. The minimum absolute atomic E-state index is 0.00125. The number of rotatable bonds is 7. The van der Waals surface area contributed by atoms with Crippen molar-refractivity contribution in [3.05, 3.63) is 71.6 Å². The fourth-order valence-electron chi connectivity index (χ4n) is 3.43. The number of thiazole rings is 1. The molecule has 0 saturated carbocycles. The molecule has 0 aliphatic carbocycles. The van der Waals surface area contributed by atoms with E-state index in [2.05, 4.69) is 26.6 Å². The van der Waals surface area contributed by atoms with Crippen molar-refractivity contribution in [2.24, 2.45) is 0 Å². The molecule has 0 aliphatic heterocycles. The molecule has 4 rings (SSSR count). The van der Waals surface area contributed by atoms with E-state index >= 15 is 0 Å². The molecule has 4 aromatic rings. The summed E-state index contributed by atoms with van der Waals surface area (Å²) in [7, 11) is 0. The molecule has 7 nitrogen and oxygen atoms in total. The van der Waals surface area contributed by atoms with Gasteiger partial charge in [0.05, 0.1) is 5.69 Å². The van der Waals surface area contributed by atoms with Gasteiger partial charge >= 0.3 is 0 Å². The molecule has 30 heavy (non-hydrogen) atoms. The van der Waals surface area contributed by atoms with Crippen molar-refractivity contribution >= 4 is 28.2 Å². The average Bonchev–Trinajstić information content (AvgIpc) is 3.42. The number of nitrogens with zero attached hydrogens (tertiary/aromatic N) is 6. The van der Waals surface area contributed by atoms with Crippen LogP contribution in [0.15, 0.2) is 54.7 Å².